The van der Waals surface area contributed by atoms with Crippen LogP contribution in [0.1, 0.15) is 33.6 Å². The summed E-state index contributed by atoms with van der Waals surface area (Å²) in [6, 6.07) is 5.24. The van der Waals surface area contributed by atoms with E-state index in [1.807, 2.05) is 32.1 Å². The van der Waals surface area contributed by atoms with E-state index in [1.54, 1.807) is 42.2 Å². The Hall–Kier alpha value is -2.68. The first-order valence-electron chi connectivity index (χ1n) is 12.9. The number of halogens is 1. The predicted octanol–water partition coefficient (Wildman–Crippen LogP) is 3.12. The fourth-order valence-corrected chi connectivity index (χ4v) is 6.58. The molecule has 8 nitrogen and oxygen atoms in total. The van der Waals surface area contributed by atoms with Crippen LogP contribution in [0.4, 0.5) is 5.69 Å². The molecule has 0 bridgehead atoms. The second kappa shape index (κ2) is 9.57. The van der Waals surface area contributed by atoms with Crippen molar-refractivity contribution in [1.82, 2.24) is 4.90 Å². The number of ether oxygens (including phenoxy) is 2. The lowest BCUT2D eigenvalue weighted by molar-refractivity contribution is -0.160. The minimum atomic E-state index is -1.40. The normalized spacial score (nSPS) is 34.7. The molecule has 9 heteroatoms. The molecule has 4 aliphatic heterocycles. The molecule has 1 unspecified atom stereocenters. The second-order valence-electron chi connectivity index (χ2n) is 10.6. The predicted molar refractivity (Wildman–Crippen MR) is 138 cm³/mol. The van der Waals surface area contributed by atoms with Crippen LogP contribution in [-0.2, 0) is 23.9 Å². The lowest BCUT2D eigenvalue weighted by Gasteiger charge is -2.41. The van der Waals surface area contributed by atoms with Crippen LogP contribution in [0.3, 0.4) is 0 Å². The highest BCUT2D eigenvalue weighted by Gasteiger charge is 2.75. The van der Waals surface area contributed by atoms with Gasteiger partial charge in [-0.15, -0.1) is 0 Å². The van der Waals surface area contributed by atoms with Crippen molar-refractivity contribution in [2.24, 2.45) is 17.8 Å². The molecule has 1 spiro atoms. The summed E-state index contributed by atoms with van der Waals surface area (Å²) in [5, 5.41) is 11.0. The van der Waals surface area contributed by atoms with Crippen molar-refractivity contribution in [2.45, 2.75) is 56.9 Å². The third-order valence-corrected chi connectivity index (χ3v) is 8.69. The summed E-state index contributed by atoms with van der Waals surface area (Å²) in [6.45, 7) is 5.86. The van der Waals surface area contributed by atoms with Gasteiger partial charge in [0.15, 0.2) is 0 Å². The van der Waals surface area contributed by atoms with Crippen LogP contribution in [0, 0.1) is 17.8 Å². The molecular weight excluding hydrogens is 496 g/mol. The molecule has 1 N–H and O–H groups in total. The molecule has 0 aromatic heterocycles. The second-order valence-corrected chi connectivity index (χ2v) is 11.0. The van der Waals surface area contributed by atoms with Gasteiger partial charge in [-0.1, -0.05) is 56.2 Å². The van der Waals surface area contributed by atoms with Crippen LogP contribution in [0.2, 0.25) is 5.02 Å². The van der Waals surface area contributed by atoms with Gasteiger partial charge in [0.2, 0.25) is 5.91 Å². The van der Waals surface area contributed by atoms with E-state index < -0.39 is 41.1 Å². The number of anilines is 1. The van der Waals surface area contributed by atoms with Gasteiger partial charge in [-0.25, -0.2) is 0 Å². The van der Waals surface area contributed by atoms with E-state index >= 15 is 0 Å². The molecule has 2 fully saturated rings. The zero-order chi connectivity index (χ0) is 26.5. The Bertz CT molecular complexity index is 1150. The van der Waals surface area contributed by atoms with Crippen molar-refractivity contribution in [3.05, 3.63) is 53.6 Å². The zero-order valence-corrected chi connectivity index (χ0v) is 22.1. The Kier molecular flexibility index (Phi) is 6.71. The van der Waals surface area contributed by atoms with Gasteiger partial charge in [0.05, 0.1) is 30.8 Å². The number of amides is 2. The molecule has 1 aromatic carbocycles. The van der Waals surface area contributed by atoms with Crippen LogP contribution in [-0.4, -0.2) is 70.8 Å². The average molecular weight is 529 g/mol. The van der Waals surface area contributed by atoms with Gasteiger partial charge in [0, 0.05) is 17.3 Å². The smallest absolute Gasteiger partial charge is 0.313 e. The van der Waals surface area contributed by atoms with Crippen molar-refractivity contribution in [2.75, 3.05) is 24.7 Å². The summed E-state index contributed by atoms with van der Waals surface area (Å²) in [4.78, 5) is 45.2. The van der Waals surface area contributed by atoms with Gasteiger partial charge in [-0.05, 0) is 43.5 Å². The third kappa shape index (κ3) is 3.92. The Morgan fingerprint density at radius 3 is 2.51 bits per heavy atom. The highest BCUT2D eigenvalue weighted by Crippen LogP contribution is 2.58. The van der Waals surface area contributed by atoms with Crippen molar-refractivity contribution in [1.29, 1.82) is 0 Å². The summed E-state index contributed by atoms with van der Waals surface area (Å²) >= 11 is 6.09. The minimum absolute atomic E-state index is 0.0931. The number of aliphatic hydroxyl groups excluding tert-OH is 1. The number of likely N-dealkylation sites (tertiary alicyclic amines) is 1. The highest BCUT2D eigenvalue weighted by molar-refractivity contribution is 6.30. The fraction of sp³-hybridized carbons (Fsp3) is 0.536. The first-order valence-corrected chi connectivity index (χ1v) is 13.3. The number of esters is 1. The van der Waals surface area contributed by atoms with E-state index in [-0.39, 0.29) is 37.5 Å². The van der Waals surface area contributed by atoms with Gasteiger partial charge < -0.3 is 24.4 Å². The molecule has 198 valence electrons. The van der Waals surface area contributed by atoms with Gasteiger partial charge in [0.1, 0.15) is 17.6 Å². The average Bonchev–Trinajstić information content (AvgIpc) is 3.19. The van der Waals surface area contributed by atoms with Crippen LogP contribution in [0.5, 0.6) is 0 Å². The van der Waals surface area contributed by atoms with Crippen molar-refractivity contribution in [3.63, 3.8) is 0 Å². The largest absolute Gasteiger partial charge is 0.465 e. The minimum Gasteiger partial charge on any atom is -0.465 e. The number of aliphatic hydroxyl groups is 1. The van der Waals surface area contributed by atoms with E-state index in [9.17, 15) is 19.5 Å². The summed E-state index contributed by atoms with van der Waals surface area (Å²) in [7, 11) is 0. The Balaban J connectivity index is 1.69. The molecule has 4 aliphatic rings. The van der Waals surface area contributed by atoms with E-state index in [0.717, 1.165) is 0 Å². The summed E-state index contributed by atoms with van der Waals surface area (Å²) < 4.78 is 12.3. The van der Waals surface area contributed by atoms with E-state index in [2.05, 4.69) is 0 Å². The number of hydrogen-bond donors (Lipinski definition) is 1. The van der Waals surface area contributed by atoms with Crippen LogP contribution in [0.15, 0.2) is 48.6 Å². The molecule has 0 saturated carbocycles. The number of benzene rings is 1. The standard InChI is InChI=1S/C28H33ClN2O6/c1-4-17(2)20(16-32)31-23-25(34)30(19-10-8-18(29)9-11-19)14-7-13-28(23)21(24(31)33)22-26(35)36-15-6-5-12-27(22,3)37-28/h5,7-13,17,20-23,32H,4,6,14-16H2,1-3H3/t17-,20-,21-,22-,23?,27+,28-/m0/s1. The van der Waals surface area contributed by atoms with E-state index in [0.29, 0.717) is 23.6 Å². The van der Waals surface area contributed by atoms with Gasteiger partial charge in [-0.2, -0.15) is 0 Å². The SMILES string of the molecule is CC[C@H](C)[C@H](CO)N1C(=O)[C@@H]2[C@H]3C(=O)OCCC=C[C@@]3(C)O[C@@]23C=CCN(c2ccc(Cl)cc2)C(=O)C13. The van der Waals surface area contributed by atoms with Crippen molar-refractivity contribution < 1.29 is 29.0 Å². The number of hydrogen-bond acceptors (Lipinski definition) is 6. The Labute approximate surface area is 221 Å². The molecule has 1 aromatic rings. The van der Waals surface area contributed by atoms with Crippen LogP contribution >= 0.6 is 11.6 Å². The Morgan fingerprint density at radius 1 is 1.11 bits per heavy atom. The molecule has 5 rings (SSSR count). The highest BCUT2D eigenvalue weighted by atomic mass is 35.5. The maximum absolute atomic E-state index is 14.4. The molecular formula is C28H33ClN2O6. The van der Waals surface area contributed by atoms with Gasteiger partial charge in [-0.3, -0.25) is 14.4 Å². The zero-order valence-electron chi connectivity index (χ0n) is 21.3. The van der Waals surface area contributed by atoms with Crippen molar-refractivity contribution in [3.8, 4) is 0 Å². The lowest BCUT2D eigenvalue weighted by Crippen LogP contribution is -2.60. The number of nitrogens with zero attached hydrogens (tertiary/aromatic N) is 2. The number of carbonyl (C=O) groups is 3. The maximum Gasteiger partial charge on any atom is 0.313 e. The maximum atomic E-state index is 14.4. The first kappa shape index (κ1) is 25.9. The molecule has 2 amide bonds. The van der Waals surface area contributed by atoms with E-state index in [4.69, 9.17) is 21.1 Å². The van der Waals surface area contributed by atoms with E-state index in [1.165, 1.54) is 4.90 Å². The molecule has 0 radical (unpaired) electrons. The number of cyclic esters (lactones) is 1. The molecule has 7 atom stereocenters. The summed E-state index contributed by atoms with van der Waals surface area (Å²) in [5.41, 5.74) is -1.90. The van der Waals surface area contributed by atoms with Crippen LogP contribution in [0.25, 0.3) is 0 Å². The lowest BCUT2D eigenvalue weighted by atomic mass is 9.74. The quantitative estimate of drug-likeness (QED) is 0.466. The number of rotatable bonds is 5. The Morgan fingerprint density at radius 2 is 1.84 bits per heavy atom. The molecule has 2 saturated heterocycles. The summed E-state index contributed by atoms with van der Waals surface area (Å²) in [5.74, 6) is -3.21. The third-order valence-electron chi connectivity index (χ3n) is 8.44. The number of fused-ring (bicyclic) bond motifs is 2. The topological polar surface area (TPSA) is 96.4 Å². The molecule has 37 heavy (non-hydrogen) atoms. The fourth-order valence-electron chi connectivity index (χ4n) is 6.45. The van der Waals surface area contributed by atoms with Crippen molar-refractivity contribution >= 4 is 35.1 Å². The first-order chi connectivity index (χ1) is 17.7. The monoisotopic (exact) mass is 528 g/mol. The number of carbonyl (C=O) groups excluding carboxylic acids is 3. The molecule has 0 aliphatic carbocycles. The summed E-state index contributed by atoms with van der Waals surface area (Å²) in [6.07, 6.45) is 8.57. The van der Waals surface area contributed by atoms with Crippen LogP contribution < -0.4 is 4.90 Å². The van der Waals surface area contributed by atoms with Gasteiger partial charge >= 0.3 is 5.97 Å². The van der Waals surface area contributed by atoms with Gasteiger partial charge in [0.25, 0.3) is 5.91 Å². The molecule has 4 heterocycles.